The van der Waals surface area contributed by atoms with E-state index in [2.05, 4.69) is 5.32 Å². The molecule has 0 radical (unpaired) electrons. The molecule has 9 nitrogen and oxygen atoms in total. The molecule has 0 saturated carbocycles. The average molecular weight is 394 g/mol. The molecule has 0 fully saturated rings. The molecule has 0 heterocycles. The van der Waals surface area contributed by atoms with Gasteiger partial charge in [-0.25, -0.2) is 9.59 Å². The fourth-order valence-electron chi connectivity index (χ4n) is 2.15. The van der Waals surface area contributed by atoms with Crippen LogP contribution < -0.4 is 11.1 Å². The summed E-state index contributed by atoms with van der Waals surface area (Å²) in [4.78, 5) is 48.9. The van der Waals surface area contributed by atoms with Gasteiger partial charge in [0.25, 0.3) is 5.91 Å². The molecule has 9 heteroatoms. The van der Waals surface area contributed by atoms with Crippen LogP contribution in [-0.4, -0.2) is 41.7 Å². The van der Waals surface area contributed by atoms with Gasteiger partial charge in [-0.05, 0) is 33.3 Å². The van der Waals surface area contributed by atoms with Gasteiger partial charge in [-0.3, -0.25) is 14.9 Å². The lowest BCUT2D eigenvalue weighted by atomic mass is 9.94. The van der Waals surface area contributed by atoms with Gasteiger partial charge < -0.3 is 19.9 Å². The SMILES string of the molecule is CCOC(=O)C(CC(=O)OCc1ccccc1)(NC(=O)OC(C)(C)C)C(N)=O. The maximum Gasteiger partial charge on any atom is 0.408 e. The van der Waals surface area contributed by atoms with Gasteiger partial charge in [0.1, 0.15) is 12.2 Å². The highest BCUT2D eigenvalue weighted by Crippen LogP contribution is 2.17. The molecule has 0 aliphatic carbocycles. The van der Waals surface area contributed by atoms with E-state index in [1.54, 1.807) is 51.1 Å². The van der Waals surface area contributed by atoms with E-state index < -0.39 is 41.5 Å². The fourth-order valence-corrected chi connectivity index (χ4v) is 2.15. The number of nitrogens with two attached hydrogens (primary N) is 1. The van der Waals surface area contributed by atoms with Gasteiger partial charge in [0.2, 0.25) is 5.54 Å². The first-order valence-corrected chi connectivity index (χ1v) is 8.68. The van der Waals surface area contributed by atoms with Crippen LogP contribution in [0.3, 0.4) is 0 Å². The number of alkyl carbamates (subject to hydrolysis) is 1. The highest BCUT2D eigenvalue weighted by Gasteiger charge is 2.50. The molecule has 1 aromatic rings. The van der Waals surface area contributed by atoms with Crippen molar-refractivity contribution < 1.29 is 33.4 Å². The molecule has 1 aromatic carbocycles. The van der Waals surface area contributed by atoms with Gasteiger partial charge in [0, 0.05) is 0 Å². The first-order chi connectivity index (χ1) is 13.0. The lowest BCUT2D eigenvalue weighted by Crippen LogP contribution is -2.64. The predicted molar refractivity (Wildman–Crippen MR) is 98.8 cm³/mol. The quantitative estimate of drug-likeness (QED) is 0.387. The smallest absolute Gasteiger partial charge is 0.408 e. The van der Waals surface area contributed by atoms with Crippen molar-refractivity contribution >= 4 is 23.9 Å². The van der Waals surface area contributed by atoms with Gasteiger partial charge >= 0.3 is 18.0 Å². The maximum atomic E-state index is 12.4. The Morgan fingerprint density at radius 3 is 2.14 bits per heavy atom. The lowest BCUT2D eigenvalue weighted by Gasteiger charge is -2.29. The number of benzene rings is 1. The molecule has 0 saturated heterocycles. The zero-order valence-electron chi connectivity index (χ0n) is 16.4. The van der Waals surface area contributed by atoms with Crippen LogP contribution >= 0.6 is 0 Å². The topological polar surface area (TPSA) is 134 Å². The Kier molecular flexibility index (Phi) is 7.97. The molecule has 1 atom stereocenters. The number of hydrogen-bond acceptors (Lipinski definition) is 7. The third-order valence-corrected chi connectivity index (χ3v) is 3.41. The Balaban J connectivity index is 3.00. The van der Waals surface area contributed by atoms with Crippen molar-refractivity contribution in [3.8, 4) is 0 Å². The molecule has 154 valence electrons. The zero-order valence-corrected chi connectivity index (χ0v) is 16.4. The standard InChI is InChI=1S/C19H26N2O7/c1-5-26-16(24)19(15(20)23,21-17(25)28-18(2,3)4)11-14(22)27-12-13-9-7-6-8-10-13/h6-10H,5,11-12H2,1-4H3,(H2,20,23)(H,21,25). The summed E-state index contributed by atoms with van der Waals surface area (Å²) in [5.74, 6) is -3.37. The van der Waals surface area contributed by atoms with Crippen molar-refractivity contribution in [3.05, 3.63) is 35.9 Å². The number of ether oxygens (including phenoxy) is 3. The summed E-state index contributed by atoms with van der Waals surface area (Å²) in [5, 5.41) is 2.09. The molecule has 2 amide bonds. The van der Waals surface area contributed by atoms with Gasteiger partial charge in [-0.2, -0.15) is 0 Å². The van der Waals surface area contributed by atoms with Crippen LogP contribution in [0.5, 0.6) is 0 Å². The molecule has 28 heavy (non-hydrogen) atoms. The minimum absolute atomic E-state index is 0.0796. The van der Waals surface area contributed by atoms with Crippen molar-refractivity contribution in [2.75, 3.05) is 6.61 Å². The number of nitrogens with one attached hydrogen (secondary N) is 1. The monoisotopic (exact) mass is 394 g/mol. The van der Waals surface area contributed by atoms with Crippen LogP contribution in [0.25, 0.3) is 0 Å². The summed E-state index contributed by atoms with van der Waals surface area (Å²) >= 11 is 0. The van der Waals surface area contributed by atoms with E-state index in [4.69, 9.17) is 19.9 Å². The molecule has 3 N–H and O–H groups in total. The van der Waals surface area contributed by atoms with Crippen molar-refractivity contribution in [2.24, 2.45) is 5.73 Å². The summed E-state index contributed by atoms with van der Waals surface area (Å²) < 4.78 is 15.0. The summed E-state index contributed by atoms with van der Waals surface area (Å²) in [6.45, 7) is 6.11. The van der Waals surface area contributed by atoms with Crippen LogP contribution in [0.1, 0.15) is 39.7 Å². The van der Waals surface area contributed by atoms with Crippen molar-refractivity contribution in [3.63, 3.8) is 0 Å². The number of primary amides is 1. The average Bonchev–Trinajstić information content (AvgIpc) is 2.58. The zero-order chi connectivity index (χ0) is 21.4. The minimum atomic E-state index is -2.45. The molecule has 1 unspecified atom stereocenters. The van der Waals surface area contributed by atoms with Gasteiger partial charge in [0.05, 0.1) is 13.0 Å². The van der Waals surface area contributed by atoms with Gasteiger partial charge in [-0.15, -0.1) is 0 Å². The Morgan fingerprint density at radius 1 is 1.04 bits per heavy atom. The summed E-state index contributed by atoms with van der Waals surface area (Å²) in [5.41, 5.74) is 2.70. The molecule has 0 bridgehead atoms. The van der Waals surface area contributed by atoms with Gasteiger partial charge in [-0.1, -0.05) is 30.3 Å². The first kappa shape index (κ1) is 22.9. The van der Waals surface area contributed by atoms with Crippen molar-refractivity contribution in [2.45, 2.75) is 51.9 Å². The van der Waals surface area contributed by atoms with Crippen LogP contribution in [0.4, 0.5) is 4.79 Å². The number of hydrogen-bond donors (Lipinski definition) is 2. The number of rotatable bonds is 8. The Hall–Kier alpha value is -3.10. The molecular formula is C19H26N2O7. The second-order valence-corrected chi connectivity index (χ2v) is 6.94. The Labute approximate surface area is 163 Å². The molecule has 1 rings (SSSR count). The van der Waals surface area contributed by atoms with E-state index in [9.17, 15) is 19.2 Å². The second-order valence-electron chi connectivity index (χ2n) is 6.94. The Bertz CT molecular complexity index is 713. The lowest BCUT2D eigenvalue weighted by molar-refractivity contribution is -0.162. The van der Waals surface area contributed by atoms with E-state index in [0.29, 0.717) is 5.56 Å². The van der Waals surface area contributed by atoms with E-state index in [1.807, 2.05) is 0 Å². The van der Waals surface area contributed by atoms with Gasteiger partial charge in [0.15, 0.2) is 0 Å². The Morgan fingerprint density at radius 2 is 1.64 bits per heavy atom. The molecule has 0 aliphatic heterocycles. The highest BCUT2D eigenvalue weighted by molar-refractivity contribution is 6.11. The van der Waals surface area contributed by atoms with Crippen LogP contribution in [0.15, 0.2) is 30.3 Å². The molecule has 0 aromatic heterocycles. The largest absolute Gasteiger partial charge is 0.464 e. The normalized spacial score (nSPS) is 13.0. The third-order valence-electron chi connectivity index (χ3n) is 3.41. The minimum Gasteiger partial charge on any atom is -0.464 e. The van der Waals surface area contributed by atoms with Crippen molar-refractivity contribution in [1.82, 2.24) is 5.32 Å². The van der Waals surface area contributed by atoms with E-state index in [1.165, 1.54) is 6.92 Å². The predicted octanol–water partition coefficient (Wildman–Crippen LogP) is 1.43. The van der Waals surface area contributed by atoms with E-state index in [0.717, 1.165) is 0 Å². The maximum absolute atomic E-state index is 12.4. The van der Waals surface area contributed by atoms with Crippen molar-refractivity contribution in [1.29, 1.82) is 0 Å². The molecule has 0 aliphatic rings. The summed E-state index contributed by atoms with van der Waals surface area (Å²) in [6, 6.07) is 8.80. The summed E-state index contributed by atoms with van der Waals surface area (Å²) in [6.07, 6.45) is -1.94. The third kappa shape index (κ3) is 6.90. The number of carbonyl (C=O) groups excluding carboxylic acids is 4. The number of carbonyl (C=O) groups is 4. The highest BCUT2D eigenvalue weighted by atomic mass is 16.6. The molecular weight excluding hydrogens is 368 g/mol. The summed E-state index contributed by atoms with van der Waals surface area (Å²) in [7, 11) is 0. The van der Waals surface area contributed by atoms with E-state index in [-0.39, 0.29) is 13.2 Å². The van der Waals surface area contributed by atoms with Crippen LogP contribution in [0, 0.1) is 0 Å². The second kappa shape index (κ2) is 9.72. The first-order valence-electron chi connectivity index (χ1n) is 8.68. The molecule has 0 spiro atoms. The van der Waals surface area contributed by atoms with Crippen LogP contribution in [-0.2, 0) is 35.2 Å². The fraction of sp³-hybridized carbons (Fsp3) is 0.474. The van der Waals surface area contributed by atoms with E-state index >= 15 is 0 Å². The number of amides is 2. The van der Waals surface area contributed by atoms with Crippen LogP contribution in [0.2, 0.25) is 0 Å². The number of esters is 2.